The summed E-state index contributed by atoms with van der Waals surface area (Å²) >= 11 is 0. The summed E-state index contributed by atoms with van der Waals surface area (Å²) < 4.78 is 0. The highest BCUT2D eigenvalue weighted by Gasteiger charge is 2.07. The number of nitrogens with one attached hydrogen (secondary N) is 1. The number of hydrogen-bond donors (Lipinski definition) is 1. The van der Waals surface area contributed by atoms with Gasteiger partial charge in [-0.25, -0.2) is 0 Å². The number of benzene rings is 1. The van der Waals surface area contributed by atoms with Crippen LogP contribution in [0.2, 0.25) is 0 Å². The lowest BCUT2D eigenvalue weighted by Gasteiger charge is -2.03. The van der Waals surface area contributed by atoms with E-state index in [2.05, 4.69) is 45.5 Å². The zero-order valence-corrected chi connectivity index (χ0v) is 11.3. The quantitative estimate of drug-likeness (QED) is 0.763. The largest absolute Gasteiger partial charge is 0.285 e. The molecule has 0 atom stereocenters. The second-order valence-corrected chi connectivity index (χ2v) is 4.82. The van der Waals surface area contributed by atoms with Crippen molar-refractivity contribution in [2.45, 2.75) is 19.3 Å². The van der Waals surface area contributed by atoms with Crippen molar-refractivity contribution in [1.82, 2.24) is 15.2 Å². The summed E-state index contributed by atoms with van der Waals surface area (Å²) in [5, 5.41) is 7.35. The average Bonchev–Trinajstić information content (AvgIpc) is 2.98. The Morgan fingerprint density at radius 3 is 2.50 bits per heavy atom. The first-order chi connectivity index (χ1) is 9.93. The van der Waals surface area contributed by atoms with Gasteiger partial charge in [0, 0.05) is 24.2 Å². The molecule has 100 valence electrons. The van der Waals surface area contributed by atoms with Gasteiger partial charge in [-0.2, -0.15) is 5.10 Å². The summed E-state index contributed by atoms with van der Waals surface area (Å²) in [6, 6.07) is 14.6. The van der Waals surface area contributed by atoms with Gasteiger partial charge in [-0.1, -0.05) is 30.3 Å². The Bertz CT molecular complexity index is 644. The Balaban J connectivity index is 1.66. The van der Waals surface area contributed by atoms with Crippen LogP contribution in [-0.2, 0) is 12.8 Å². The molecule has 0 saturated carbocycles. The van der Waals surface area contributed by atoms with E-state index < -0.39 is 0 Å². The second kappa shape index (κ2) is 6.15. The lowest BCUT2D eigenvalue weighted by molar-refractivity contribution is 0.794. The molecule has 3 heteroatoms. The van der Waals surface area contributed by atoms with Gasteiger partial charge in [-0.3, -0.25) is 10.1 Å². The monoisotopic (exact) mass is 263 g/mol. The zero-order chi connectivity index (χ0) is 13.6. The molecule has 3 nitrogen and oxygen atoms in total. The van der Waals surface area contributed by atoms with Gasteiger partial charge < -0.3 is 0 Å². The van der Waals surface area contributed by atoms with Gasteiger partial charge in [0.15, 0.2) is 0 Å². The predicted octanol–water partition coefficient (Wildman–Crippen LogP) is 3.65. The molecule has 0 spiro atoms. The van der Waals surface area contributed by atoms with Crippen LogP contribution in [0.4, 0.5) is 0 Å². The van der Waals surface area contributed by atoms with E-state index >= 15 is 0 Å². The van der Waals surface area contributed by atoms with E-state index in [9.17, 15) is 0 Å². The molecule has 0 saturated heterocycles. The smallest absolute Gasteiger partial charge is 0.0700 e. The number of aromatic nitrogens is 3. The number of pyridine rings is 1. The highest BCUT2D eigenvalue weighted by molar-refractivity contribution is 5.64. The number of hydrogen-bond acceptors (Lipinski definition) is 2. The molecule has 3 rings (SSSR count). The first kappa shape index (κ1) is 12.6. The molecule has 1 aromatic carbocycles. The van der Waals surface area contributed by atoms with Crippen LogP contribution in [0.15, 0.2) is 61.1 Å². The van der Waals surface area contributed by atoms with Gasteiger partial charge in [-0.15, -0.1) is 0 Å². The van der Waals surface area contributed by atoms with Crippen molar-refractivity contribution in [3.63, 3.8) is 0 Å². The summed E-state index contributed by atoms with van der Waals surface area (Å²) in [6.07, 6.45) is 8.77. The molecule has 0 aliphatic carbocycles. The number of H-pyrrole nitrogens is 1. The third-order valence-corrected chi connectivity index (χ3v) is 3.43. The molecular weight excluding hydrogens is 246 g/mol. The van der Waals surface area contributed by atoms with Crippen molar-refractivity contribution < 1.29 is 0 Å². The Morgan fingerprint density at radius 2 is 1.70 bits per heavy atom. The Labute approximate surface area is 118 Å². The van der Waals surface area contributed by atoms with E-state index in [1.165, 1.54) is 16.7 Å². The highest BCUT2D eigenvalue weighted by atomic mass is 15.1. The van der Waals surface area contributed by atoms with Gasteiger partial charge in [0.2, 0.25) is 0 Å². The maximum atomic E-state index is 4.38. The first-order valence-corrected chi connectivity index (χ1v) is 6.90. The van der Waals surface area contributed by atoms with Crippen molar-refractivity contribution >= 4 is 0 Å². The van der Waals surface area contributed by atoms with E-state index in [1.807, 2.05) is 30.7 Å². The summed E-state index contributed by atoms with van der Waals surface area (Å²) in [5.41, 5.74) is 4.87. The number of nitrogens with zero attached hydrogens (tertiary/aromatic N) is 2. The van der Waals surface area contributed by atoms with Crippen LogP contribution in [0, 0.1) is 0 Å². The summed E-state index contributed by atoms with van der Waals surface area (Å²) in [4.78, 5) is 4.06. The Kier molecular flexibility index (Phi) is 3.88. The topological polar surface area (TPSA) is 41.6 Å². The van der Waals surface area contributed by atoms with Crippen LogP contribution < -0.4 is 0 Å². The third-order valence-electron chi connectivity index (χ3n) is 3.43. The first-order valence-electron chi connectivity index (χ1n) is 6.90. The van der Waals surface area contributed by atoms with Gasteiger partial charge >= 0.3 is 0 Å². The molecule has 0 bridgehead atoms. The number of rotatable bonds is 5. The minimum absolute atomic E-state index is 0.982. The molecule has 2 aromatic heterocycles. The number of aromatic amines is 1. The molecular formula is C17H17N3. The maximum absolute atomic E-state index is 4.38. The van der Waals surface area contributed by atoms with E-state index in [-0.39, 0.29) is 0 Å². The Hall–Kier alpha value is -2.42. The van der Waals surface area contributed by atoms with Crippen LogP contribution in [-0.4, -0.2) is 15.2 Å². The standard InChI is InChI=1S/C17H17N3/c1-2-5-14(6-3-1)7-4-8-17-16(13-19-20-17)15-9-11-18-12-10-15/h1-3,5-6,9-13H,4,7-8H2,(H,19,20). The fraction of sp³-hybridized carbons (Fsp3) is 0.176. The normalized spacial score (nSPS) is 10.6. The van der Waals surface area contributed by atoms with Crippen molar-refractivity contribution in [3.05, 3.63) is 72.3 Å². The Morgan fingerprint density at radius 1 is 0.900 bits per heavy atom. The molecule has 0 aliphatic heterocycles. The van der Waals surface area contributed by atoms with Crippen LogP contribution in [0.3, 0.4) is 0 Å². The van der Waals surface area contributed by atoms with Gasteiger partial charge in [0.25, 0.3) is 0 Å². The highest BCUT2D eigenvalue weighted by Crippen LogP contribution is 2.22. The lowest BCUT2D eigenvalue weighted by Crippen LogP contribution is -1.92. The molecule has 1 N–H and O–H groups in total. The SMILES string of the molecule is c1ccc(CCCc2n[nH]cc2-c2ccncc2)cc1. The van der Waals surface area contributed by atoms with Crippen molar-refractivity contribution in [2.24, 2.45) is 0 Å². The van der Waals surface area contributed by atoms with Gasteiger partial charge in [0.05, 0.1) is 5.69 Å². The fourth-order valence-electron chi connectivity index (χ4n) is 2.39. The van der Waals surface area contributed by atoms with Crippen molar-refractivity contribution in [3.8, 4) is 11.1 Å². The molecule has 0 fully saturated rings. The molecule has 3 aromatic rings. The van der Waals surface area contributed by atoms with Crippen LogP contribution in [0.5, 0.6) is 0 Å². The minimum atomic E-state index is 0.982. The number of aryl methyl sites for hydroxylation is 2. The summed E-state index contributed by atoms with van der Waals surface area (Å²) in [7, 11) is 0. The van der Waals surface area contributed by atoms with Crippen molar-refractivity contribution in [1.29, 1.82) is 0 Å². The molecule has 0 radical (unpaired) electrons. The van der Waals surface area contributed by atoms with Gasteiger partial charge in [0.1, 0.15) is 0 Å². The van der Waals surface area contributed by atoms with Crippen molar-refractivity contribution in [2.75, 3.05) is 0 Å². The predicted molar refractivity (Wildman–Crippen MR) is 80.3 cm³/mol. The summed E-state index contributed by atoms with van der Waals surface area (Å²) in [6.45, 7) is 0. The van der Waals surface area contributed by atoms with E-state index in [4.69, 9.17) is 0 Å². The van der Waals surface area contributed by atoms with Crippen LogP contribution in [0.25, 0.3) is 11.1 Å². The van der Waals surface area contributed by atoms with E-state index in [0.717, 1.165) is 25.0 Å². The molecule has 0 aliphatic rings. The fourth-order valence-corrected chi connectivity index (χ4v) is 2.39. The lowest BCUT2D eigenvalue weighted by atomic mass is 10.0. The maximum Gasteiger partial charge on any atom is 0.0700 e. The molecule has 20 heavy (non-hydrogen) atoms. The molecule has 0 amide bonds. The average molecular weight is 263 g/mol. The minimum Gasteiger partial charge on any atom is -0.285 e. The van der Waals surface area contributed by atoms with E-state index in [1.54, 1.807) is 0 Å². The van der Waals surface area contributed by atoms with Crippen LogP contribution in [0.1, 0.15) is 17.7 Å². The van der Waals surface area contributed by atoms with E-state index in [0.29, 0.717) is 0 Å². The van der Waals surface area contributed by atoms with Crippen LogP contribution >= 0.6 is 0 Å². The molecule has 2 heterocycles. The molecule has 0 unspecified atom stereocenters. The van der Waals surface area contributed by atoms with Gasteiger partial charge in [-0.05, 0) is 42.5 Å². The second-order valence-electron chi connectivity index (χ2n) is 4.82. The third kappa shape index (κ3) is 2.94. The summed E-state index contributed by atoms with van der Waals surface area (Å²) in [5.74, 6) is 0. The zero-order valence-electron chi connectivity index (χ0n) is 11.3.